The van der Waals surface area contributed by atoms with Crippen molar-refractivity contribution in [2.45, 2.75) is 32.2 Å². The number of benzene rings is 1. The Morgan fingerprint density at radius 2 is 1.83 bits per heavy atom. The van der Waals surface area contributed by atoms with Crippen LogP contribution < -0.4 is 0 Å². The van der Waals surface area contributed by atoms with Gasteiger partial charge in [-0.25, -0.2) is 9.78 Å². The first-order valence-corrected chi connectivity index (χ1v) is 8.27. The minimum atomic E-state index is -0.983. The average Bonchev–Trinajstić information content (AvgIpc) is 3.10. The van der Waals surface area contributed by atoms with Crippen molar-refractivity contribution in [2.75, 3.05) is 13.6 Å². The lowest BCUT2D eigenvalue weighted by atomic mass is 9.87. The number of pyridine rings is 1. The van der Waals surface area contributed by atoms with Gasteiger partial charge in [-0.2, -0.15) is 0 Å². The van der Waals surface area contributed by atoms with E-state index in [1.165, 1.54) is 11.6 Å². The van der Waals surface area contributed by atoms with E-state index >= 15 is 0 Å². The van der Waals surface area contributed by atoms with Crippen LogP contribution in [0.1, 0.15) is 42.0 Å². The lowest BCUT2D eigenvalue weighted by Crippen LogP contribution is -2.32. The summed E-state index contributed by atoms with van der Waals surface area (Å²) in [5.41, 5.74) is 2.71. The lowest BCUT2D eigenvalue weighted by molar-refractivity contribution is 0.0690. The summed E-state index contributed by atoms with van der Waals surface area (Å²) in [7, 11) is 2.08. The molecule has 3 rings (SSSR count). The highest BCUT2D eigenvalue weighted by Crippen LogP contribution is 2.64. The van der Waals surface area contributed by atoms with Gasteiger partial charge in [0.15, 0.2) is 0 Å². The monoisotopic (exact) mass is 324 g/mol. The van der Waals surface area contributed by atoms with Crippen LogP contribution in [0.3, 0.4) is 0 Å². The molecule has 126 valence electrons. The number of aromatic nitrogens is 1. The summed E-state index contributed by atoms with van der Waals surface area (Å²) in [6, 6.07) is 15.9. The first kappa shape index (κ1) is 16.7. The van der Waals surface area contributed by atoms with E-state index in [2.05, 4.69) is 61.1 Å². The van der Waals surface area contributed by atoms with Crippen LogP contribution in [0.25, 0.3) is 0 Å². The number of aromatic carboxylic acids is 1. The highest BCUT2D eigenvalue weighted by Gasteiger charge is 2.61. The second kappa shape index (κ2) is 6.02. The van der Waals surface area contributed by atoms with Crippen molar-refractivity contribution >= 4 is 5.97 Å². The molecule has 1 aromatic carbocycles. The second-order valence-electron chi connectivity index (χ2n) is 7.50. The second-order valence-corrected chi connectivity index (χ2v) is 7.50. The predicted octanol–water partition coefficient (Wildman–Crippen LogP) is 3.58. The molecule has 4 nitrogen and oxygen atoms in total. The molecular weight excluding hydrogens is 300 g/mol. The molecule has 1 N–H and O–H groups in total. The van der Waals surface area contributed by atoms with Gasteiger partial charge in [0.25, 0.3) is 0 Å². The number of carboxylic acid groups (broad SMARTS) is 1. The van der Waals surface area contributed by atoms with Gasteiger partial charge in [0, 0.05) is 18.5 Å². The average molecular weight is 324 g/mol. The van der Waals surface area contributed by atoms with Crippen molar-refractivity contribution in [3.8, 4) is 0 Å². The van der Waals surface area contributed by atoms with Crippen LogP contribution in [0.5, 0.6) is 0 Å². The molecule has 0 bridgehead atoms. The van der Waals surface area contributed by atoms with E-state index < -0.39 is 5.97 Å². The summed E-state index contributed by atoms with van der Waals surface area (Å²) in [6.45, 7) is 6.21. The normalized spacial score (nSPS) is 21.7. The van der Waals surface area contributed by atoms with Crippen molar-refractivity contribution in [2.24, 2.45) is 5.41 Å². The molecule has 1 aromatic heterocycles. The van der Waals surface area contributed by atoms with Crippen LogP contribution in [0.2, 0.25) is 0 Å². The summed E-state index contributed by atoms with van der Waals surface area (Å²) in [6.07, 6.45) is 1.16. The zero-order valence-electron chi connectivity index (χ0n) is 14.5. The van der Waals surface area contributed by atoms with Gasteiger partial charge in [0.1, 0.15) is 5.69 Å². The Balaban J connectivity index is 1.75. The summed E-state index contributed by atoms with van der Waals surface area (Å²) in [5, 5.41) is 9.08. The molecule has 1 fully saturated rings. The maximum absolute atomic E-state index is 11.1. The molecule has 0 amide bonds. The topological polar surface area (TPSA) is 53.4 Å². The van der Waals surface area contributed by atoms with E-state index in [1.54, 1.807) is 6.07 Å². The third-order valence-electron chi connectivity index (χ3n) is 5.24. The first-order valence-electron chi connectivity index (χ1n) is 8.27. The zero-order valence-corrected chi connectivity index (χ0v) is 14.5. The molecule has 0 saturated heterocycles. The Kier molecular flexibility index (Phi) is 4.18. The van der Waals surface area contributed by atoms with Crippen molar-refractivity contribution < 1.29 is 9.90 Å². The molecule has 4 heteroatoms. The largest absolute Gasteiger partial charge is 0.477 e. The SMILES string of the molecule is CN(Cc1cccc(C(=O)O)n1)CC1(c2ccccc2)CC1(C)C. The highest BCUT2D eigenvalue weighted by molar-refractivity contribution is 5.85. The number of rotatable bonds is 6. The summed E-state index contributed by atoms with van der Waals surface area (Å²) in [4.78, 5) is 17.5. The van der Waals surface area contributed by atoms with E-state index in [1.807, 2.05) is 6.07 Å². The van der Waals surface area contributed by atoms with Crippen molar-refractivity contribution in [3.63, 3.8) is 0 Å². The summed E-state index contributed by atoms with van der Waals surface area (Å²) >= 11 is 0. The lowest BCUT2D eigenvalue weighted by Gasteiger charge is -2.27. The number of hydrogen-bond acceptors (Lipinski definition) is 3. The van der Waals surface area contributed by atoms with Crippen LogP contribution in [0, 0.1) is 5.41 Å². The number of carboxylic acids is 1. The van der Waals surface area contributed by atoms with Crippen LogP contribution in [-0.4, -0.2) is 34.6 Å². The molecule has 0 radical (unpaired) electrons. The van der Waals surface area contributed by atoms with Gasteiger partial charge in [-0.15, -0.1) is 0 Å². The van der Waals surface area contributed by atoms with Crippen LogP contribution in [0.15, 0.2) is 48.5 Å². The summed E-state index contributed by atoms with van der Waals surface area (Å²) < 4.78 is 0. The quantitative estimate of drug-likeness (QED) is 0.882. The fraction of sp³-hybridized carbons (Fsp3) is 0.400. The molecule has 24 heavy (non-hydrogen) atoms. The molecule has 0 aliphatic heterocycles. The fourth-order valence-electron chi connectivity index (χ4n) is 3.80. The van der Waals surface area contributed by atoms with Gasteiger partial charge in [0.2, 0.25) is 0 Å². The van der Waals surface area contributed by atoms with Crippen LogP contribution in [0.4, 0.5) is 0 Å². The Bertz CT molecular complexity index is 742. The van der Waals surface area contributed by atoms with Gasteiger partial charge in [-0.3, -0.25) is 4.90 Å². The van der Waals surface area contributed by atoms with Gasteiger partial charge in [0.05, 0.1) is 5.69 Å². The van der Waals surface area contributed by atoms with Crippen LogP contribution >= 0.6 is 0 Å². The van der Waals surface area contributed by atoms with E-state index in [0.717, 1.165) is 18.7 Å². The van der Waals surface area contributed by atoms with Gasteiger partial charge < -0.3 is 5.11 Å². The van der Waals surface area contributed by atoms with Crippen molar-refractivity contribution in [3.05, 3.63) is 65.5 Å². The van der Waals surface area contributed by atoms with E-state index in [-0.39, 0.29) is 16.5 Å². The smallest absolute Gasteiger partial charge is 0.354 e. The van der Waals surface area contributed by atoms with E-state index in [0.29, 0.717) is 6.54 Å². The highest BCUT2D eigenvalue weighted by atomic mass is 16.4. The van der Waals surface area contributed by atoms with Gasteiger partial charge in [-0.05, 0) is 36.6 Å². The van der Waals surface area contributed by atoms with Gasteiger partial charge >= 0.3 is 5.97 Å². The van der Waals surface area contributed by atoms with E-state index in [9.17, 15) is 4.79 Å². The molecule has 1 heterocycles. The molecule has 1 aliphatic carbocycles. The Labute approximate surface area is 143 Å². The molecule has 0 spiro atoms. The Hall–Kier alpha value is -2.20. The molecular formula is C20H24N2O2. The summed E-state index contributed by atoms with van der Waals surface area (Å²) in [5.74, 6) is -0.983. The Morgan fingerprint density at radius 1 is 1.17 bits per heavy atom. The molecule has 2 aromatic rings. The van der Waals surface area contributed by atoms with Crippen LogP contribution in [-0.2, 0) is 12.0 Å². The maximum Gasteiger partial charge on any atom is 0.354 e. The van der Waals surface area contributed by atoms with Crippen molar-refractivity contribution in [1.29, 1.82) is 0 Å². The number of hydrogen-bond donors (Lipinski definition) is 1. The molecule has 1 unspecified atom stereocenters. The molecule has 1 atom stereocenters. The minimum Gasteiger partial charge on any atom is -0.477 e. The first-order chi connectivity index (χ1) is 11.3. The third-order valence-corrected chi connectivity index (χ3v) is 5.24. The standard InChI is InChI=1S/C20H24N2O2/c1-19(2)13-20(19,15-8-5-4-6-9-15)14-22(3)12-16-10-7-11-17(21-16)18(23)24/h4-11H,12-14H2,1-3H3,(H,23,24). The van der Waals surface area contributed by atoms with Gasteiger partial charge in [-0.1, -0.05) is 50.2 Å². The molecule has 1 aliphatic rings. The zero-order chi connectivity index (χ0) is 17.4. The number of likely N-dealkylation sites (N-methyl/N-ethyl adjacent to an activating group) is 1. The predicted molar refractivity (Wildman–Crippen MR) is 94.0 cm³/mol. The number of nitrogens with zero attached hydrogens (tertiary/aromatic N) is 2. The maximum atomic E-state index is 11.1. The Morgan fingerprint density at radius 3 is 2.42 bits per heavy atom. The molecule has 1 saturated carbocycles. The third kappa shape index (κ3) is 3.06. The van der Waals surface area contributed by atoms with Crippen molar-refractivity contribution in [1.82, 2.24) is 9.88 Å². The fourth-order valence-corrected chi connectivity index (χ4v) is 3.80. The van der Waals surface area contributed by atoms with E-state index in [4.69, 9.17) is 5.11 Å². The minimum absolute atomic E-state index is 0.102. The number of carbonyl (C=O) groups is 1.